The standard InChI is InChI=1S/C24H46O12.14CH4/c25-5-1-3-9-29-13-14-32-21-24(36-18-17-30-10-4-2-6-26)22-34-16-15-33-20-23(35-12-8-28)19-31-11-7-27;;;;;;;;;;;;;;/h5-6,23-24,27-28H,1-4,7-22H2;14*1H4. The van der Waals surface area contributed by atoms with E-state index in [9.17, 15) is 9.59 Å². The van der Waals surface area contributed by atoms with E-state index in [0.717, 1.165) is 12.6 Å². The number of ether oxygens (including phenoxy) is 8. The summed E-state index contributed by atoms with van der Waals surface area (Å²) in [4.78, 5) is 20.6. The molecule has 50 heavy (non-hydrogen) atoms. The zero-order valence-corrected chi connectivity index (χ0v) is 21.4. The largest absolute Gasteiger partial charge is 0.394 e. The molecule has 0 aliphatic carbocycles. The summed E-state index contributed by atoms with van der Waals surface area (Å²) in [5.74, 6) is 0. The molecule has 2 unspecified atom stereocenters. The highest BCUT2D eigenvalue weighted by Crippen LogP contribution is 1.99. The maximum atomic E-state index is 10.3. The van der Waals surface area contributed by atoms with Gasteiger partial charge < -0.3 is 57.7 Å². The minimum atomic E-state index is -0.347. The average Bonchev–Trinajstić information content (AvgIpc) is 2.89. The second-order valence-corrected chi connectivity index (χ2v) is 7.58. The lowest BCUT2D eigenvalue weighted by Gasteiger charge is -2.19. The van der Waals surface area contributed by atoms with Crippen LogP contribution in [0, 0.1) is 0 Å². The number of hydrogen-bond donors (Lipinski definition) is 2. The van der Waals surface area contributed by atoms with Gasteiger partial charge in [0.2, 0.25) is 0 Å². The van der Waals surface area contributed by atoms with Crippen LogP contribution in [0.15, 0.2) is 0 Å². The number of aldehydes is 2. The van der Waals surface area contributed by atoms with Gasteiger partial charge in [-0.15, -0.1) is 0 Å². The van der Waals surface area contributed by atoms with Gasteiger partial charge in [0, 0.05) is 26.1 Å². The van der Waals surface area contributed by atoms with Gasteiger partial charge in [-0.25, -0.2) is 0 Å². The van der Waals surface area contributed by atoms with Gasteiger partial charge in [-0.3, -0.25) is 0 Å². The number of aliphatic hydroxyl groups is 2. The number of rotatable bonds is 31. The third-order valence-corrected chi connectivity index (χ3v) is 4.44. The van der Waals surface area contributed by atoms with Crippen LogP contribution in [0.25, 0.3) is 0 Å². The molecule has 0 heterocycles. The van der Waals surface area contributed by atoms with Crippen molar-refractivity contribution >= 4 is 12.6 Å². The van der Waals surface area contributed by atoms with Crippen LogP contribution in [-0.4, -0.2) is 141 Å². The van der Waals surface area contributed by atoms with Crippen LogP contribution in [0.1, 0.15) is 130 Å². The topological polar surface area (TPSA) is 148 Å². The summed E-state index contributed by atoms with van der Waals surface area (Å²) < 4.78 is 44.2. The van der Waals surface area contributed by atoms with Gasteiger partial charge >= 0.3 is 0 Å². The summed E-state index contributed by atoms with van der Waals surface area (Å²) in [5, 5.41) is 17.7. The molecule has 0 saturated carbocycles. The van der Waals surface area contributed by atoms with Crippen molar-refractivity contribution in [1.29, 1.82) is 0 Å². The van der Waals surface area contributed by atoms with Crippen molar-refractivity contribution < 1.29 is 57.7 Å². The van der Waals surface area contributed by atoms with Gasteiger partial charge in [-0.1, -0.05) is 104 Å². The molecule has 0 aromatic rings. The van der Waals surface area contributed by atoms with Crippen molar-refractivity contribution in [2.24, 2.45) is 0 Å². The van der Waals surface area contributed by atoms with Gasteiger partial charge in [-0.05, 0) is 12.8 Å². The van der Waals surface area contributed by atoms with Crippen molar-refractivity contribution in [2.45, 2.75) is 142 Å². The molecule has 0 amide bonds. The van der Waals surface area contributed by atoms with E-state index in [1.807, 2.05) is 0 Å². The first-order valence-electron chi connectivity index (χ1n) is 12.6. The van der Waals surface area contributed by atoms with Gasteiger partial charge in [-0.2, -0.15) is 0 Å². The first-order valence-corrected chi connectivity index (χ1v) is 12.6. The lowest BCUT2D eigenvalue weighted by molar-refractivity contribution is -0.109. The lowest BCUT2D eigenvalue weighted by atomic mass is 10.3. The predicted molar refractivity (Wildman–Crippen MR) is 223 cm³/mol. The molecule has 12 nitrogen and oxygen atoms in total. The molecule has 326 valence electrons. The number of carbonyl (C=O) groups excluding carboxylic acids is 2. The third-order valence-electron chi connectivity index (χ3n) is 4.44. The van der Waals surface area contributed by atoms with Crippen LogP contribution >= 0.6 is 0 Å². The van der Waals surface area contributed by atoms with E-state index in [4.69, 9.17) is 48.1 Å². The normalized spacial score (nSPS) is 9.40. The van der Waals surface area contributed by atoms with Gasteiger partial charge in [0.15, 0.2) is 0 Å². The first kappa shape index (κ1) is 97.6. The Bertz CT molecular complexity index is 462. The van der Waals surface area contributed by atoms with E-state index < -0.39 is 0 Å². The average molecular weight is 751 g/mol. The molecule has 0 aliphatic heterocycles. The molecule has 0 aromatic carbocycles. The Hall–Kier alpha value is -1.06. The maximum absolute atomic E-state index is 10.3. The highest BCUT2D eigenvalue weighted by atomic mass is 16.6. The number of aliphatic hydroxyl groups excluding tert-OH is 2. The number of hydrogen-bond acceptors (Lipinski definition) is 12. The first-order chi connectivity index (χ1) is 17.8. The Balaban J connectivity index is -0.0000000673. The number of unbranched alkanes of at least 4 members (excludes halogenated alkanes) is 2. The summed E-state index contributed by atoms with van der Waals surface area (Å²) in [7, 11) is 0. The third kappa shape index (κ3) is 76.7. The molecule has 0 saturated heterocycles. The minimum absolute atomic E-state index is 0. The molecule has 0 radical (unpaired) electrons. The summed E-state index contributed by atoms with van der Waals surface area (Å²) in [6.45, 7) is 4.68. The van der Waals surface area contributed by atoms with Crippen LogP contribution in [-0.2, 0) is 47.5 Å². The lowest BCUT2D eigenvalue weighted by Crippen LogP contribution is -2.30. The molecule has 0 fully saturated rings. The van der Waals surface area contributed by atoms with E-state index in [2.05, 4.69) is 0 Å². The van der Waals surface area contributed by atoms with Crippen LogP contribution in [0.2, 0.25) is 0 Å². The molecule has 0 rings (SSSR count). The van der Waals surface area contributed by atoms with Crippen molar-refractivity contribution in [2.75, 3.05) is 106 Å². The van der Waals surface area contributed by atoms with Crippen molar-refractivity contribution in [3.63, 3.8) is 0 Å². The van der Waals surface area contributed by atoms with Crippen molar-refractivity contribution in [3.8, 4) is 0 Å². The second kappa shape index (κ2) is 86.5. The SMILES string of the molecule is C.C.C.C.C.C.C.C.C.C.C.C.C.C.O=CCCCOCCOCC(COCCOCC(COCCO)OCCO)OCCOCCCC=O. The molecular formula is C38H102O12. The molecule has 0 spiro atoms. The fraction of sp³-hybridized carbons (Fsp3) is 0.947. The zero-order valence-electron chi connectivity index (χ0n) is 21.4. The highest BCUT2D eigenvalue weighted by Gasteiger charge is 2.12. The molecular weight excluding hydrogens is 648 g/mol. The number of carbonyl (C=O) groups is 2. The highest BCUT2D eigenvalue weighted by molar-refractivity contribution is 5.49. The van der Waals surface area contributed by atoms with Crippen LogP contribution in [0.5, 0.6) is 0 Å². The Morgan fingerprint density at radius 1 is 0.360 bits per heavy atom. The summed E-state index contributed by atoms with van der Waals surface area (Å²) >= 11 is 0. The van der Waals surface area contributed by atoms with Crippen LogP contribution in [0.3, 0.4) is 0 Å². The summed E-state index contributed by atoms with van der Waals surface area (Å²) in [6.07, 6.45) is 3.44. The predicted octanol–water partition coefficient (Wildman–Crippen LogP) is 8.70. The zero-order chi connectivity index (χ0) is 26.4. The second-order valence-electron chi connectivity index (χ2n) is 7.58. The Morgan fingerprint density at radius 2 is 0.640 bits per heavy atom. The maximum Gasteiger partial charge on any atom is 0.120 e. The quantitative estimate of drug-likeness (QED) is 0.0516. The van der Waals surface area contributed by atoms with Crippen molar-refractivity contribution in [1.82, 2.24) is 0 Å². The van der Waals surface area contributed by atoms with Gasteiger partial charge in [0.1, 0.15) is 24.8 Å². The minimum Gasteiger partial charge on any atom is -0.394 e. The van der Waals surface area contributed by atoms with E-state index in [0.29, 0.717) is 91.8 Å². The Kier molecular flexibility index (Phi) is 169. The van der Waals surface area contributed by atoms with E-state index >= 15 is 0 Å². The summed E-state index contributed by atoms with van der Waals surface area (Å²) in [6, 6.07) is 0. The Labute approximate surface area is 317 Å². The van der Waals surface area contributed by atoms with E-state index in [1.165, 1.54) is 0 Å². The molecule has 12 heteroatoms. The van der Waals surface area contributed by atoms with Crippen LogP contribution in [0.4, 0.5) is 0 Å². The fourth-order valence-electron chi connectivity index (χ4n) is 2.68. The van der Waals surface area contributed by atoms with Gasteiger partial charge in [0.05, 0.1) is 92.5 Å². The van der Waals surface area contributed by atoms with E-state index in [1.54, 1.807) is 0 Å². The molecule has 0 aliphatic rings. The van der Waals surface area contributed by atoms with Crippen LogP contribution < -0.4 is 0 Å². The van der Waals surface area contributed by atoms with Crippen molar-refractivity contribution in [3.05, 3.63) is 0 Å². The Morgan fingerprint density at radius 3 is 0.960 bits per heavy atom. The smallest absolute Gasteiger partial charge is 0.120 e. The van der Waals surface area contributed by atoms with Gasteiger partial charge in [0.25, 0.3) is 0 Å². The molecule has 2 N–H and O–H groups in total. The monoisotopic (exact) mass is 751 g/mol. The fourth-order valence-corrected chi connectivity index (χ4v) is 2.68. The molecule has 2 atom stereocenters. The molecule has 0 bridgehead atoms. The van der Waals surface area contributed by atoms with E-state index in [-0.39, 0.29) is 156 Å². The summed E-state index contributed by atoms with van der Waals surface area (Å²) in [5.41, 5.74) is 0. The molecule has 0 aromatic heterocycles.